The van der Waals surface area contributed by atoms with Gasteiger partial charge in [0.1, 0.15) is 0 Å². The fourth-order valence-corrected chi connectivity index (χ4v) is 1.81. The van der Waals surface area contributed by atoms with E-state index in [4.69, 9.17) is 0 Å². The van der Waals surface area contributed by atoms with E-state index in [9.17, 15) is 4.79 Å². The number of benzene rings is 1. The van der Waals surface area contributed by atoms with Crippen molar-refractivity contribution >= 4 is 0 Å². The lowest BCUT2D eigenvalue weighted by molar-refractivity contribution is 0.695. The molecule has 17 heavy (non-hydrogen) atoms. The lowest BCUT2D eigenvalue weighted by Gasteiger charge is -2.12. The molecule has 0 amide bonds. The van der Waals surface area contributed by atoms with Gasteiger partial charge in [-0.05, 0) is 11.5 Å². The molecular weight excluding hydrogens is 212 g/mol. The summed E-state index contributed by atoms with van der Waals surface area (Å²) in [7, 11) is 1.68. The van der Waals surface area contributed by atoms with Crippen LogP contribution in [-0.4, -0.2) is 9.78 Å². The Hall–Kier alpha value is -1.90. The largest absolute Gasteiger partial charge is 0.268 e. The summed E-state index contributed by atoms with van der Waals surface area (Å²) in [6, 6.07) is 11.6. The molecule has 0 aliphatic heterocycles. The van der Waals surface area contributed by atoms with Gasteiger partial charge in [0, 0.05) is 18.7 Å². The summed E-state index contributed by atoms with van der Waals surface area (Å²) in [6.07, 6.45) is 0. The van der Waals surface area contributed by atoms with E-state index in [2.05, 4.69) is 18.9 Å². The highest BCUT2D eigenvalue weighted by atomic mass is 16.1. The number of hydrogen-bond donors (Lipinski definition) is 0. The summed E-state index contributed by atoms with van der Waals surface area (Å²) in [6.45, 7) is 4.14. The highest BCUT2D eigenvalue weighted by molar-refractivity contribution is 5.62. The van der Waals surface area contributed by atoms with Crippen molar-refractivity contribution in [3.63, 3.8) is 0 Å². The molecule has 0 N–H and O–H groups in total. The summed E-state index contributed by atoms with van der Waals surface area (Å²) >= 11 is 0. The topological polar surface area (TPSA) is 34.9 Å². The Bertz CT molecular complexity index is 571. The van der Waals surface area contributed by atoms with Crippen molar-refractivity contribution in [3.8, 4) is 11.3 Å². The Labute approximate surface area is 101 Å². The molecule has 0 bridgehead atoms. The molecule has 2 aromatic rings. The predicted octanol–water partition coefficient (Wildman–Crippen LogP) is 2.57. The van der Waals surface area contributed by atoms with Crippen LogP contribution in [0.5, 0.6) is 0 Å². The van der Waals surface area contributed by atoms with Gasteiger partial charge in [-0.1, -0.05) is 44.2 Å². The average molecular weight is 228 g/mol. The van der Waals surface area contributed by atoms with E-state index < -0.39 is 0 Å². The third-order valence-electron chi connectivity index (χ3n) is 2.79. The SMILES string of the molecule is CC(C)c1cc(=O)n(C)nc1-c1ccccc1. The minimum Gasteiger partial charge on any atom is -0.268 e. The molecule has 88 valence electrons. The van der Waals surface area contributed by atoms with Crippen LogP contribution in [0.25, 0.3) is 11.3 Å². The van der Waals surface area contributed by atoms with Gasteiger partial charge in [-0.15, -0.1) is 0 Å². The lowest BCUT2D eigenvalue weighted by atomic mass is 9.98. The summed E-state index contributed by atoms with van der Waals surface area (Å²) in [4.78, 5) is 11.6. The van der Waals surface area contributed by atoms with Crippen LogP contribution >= 0.6 is 0 Å². The summed E-state index contributed by atoms with van der Waals surface area (Å²) in [5, 5.41) is 4.37. The van der Waals surface area contributed by atoms with Crippen molar-refractivity contribution in [3.05, 3.63) is 52.3 Å². The molecule has 0 atom stereocenters. The van der Waals surface area contributed by atoms with Gasteiger partial charge in [0.2, 0.25) is 0 Å². The first-order chi connectivity index (χ1) is 8.09. The van der Waals surface area contributed by atoms with Gasteiger partial charge >= 0.3 is 0 Å². The molecule has 0 saturated heterocycles. The van der Waals surface area contributed by atoms with Crippen LogP contribution in [0.3, 0.4) is 0 Å². The van der Waals surface area contributed by atoms with Gasteiger partial charge in [-0.2, -0.15) is 5.10 Å². The molecule has 3 nitrogen and oxygen atoms in total. The predicted molar refractivity (Wildman–Crippen MR) is 69.0 cm³/mol. The molecule has 0 aliphatic carbocycles. The molecule has 0 radical (unpaired) electrons. The van der Waals surface area contributed by atoms with E-state index >= 15 is 0 Å². The molecule has 2 rings (SSSR count). The zero-order valence-electron chi connectivity index (χ0n) is 10.3. The van der Waals surface area contributed by atoms with Crippen molar-refractivity contribution in [2.75, 3.05) is 0 Å². The lowest BCUT2D eigenvalue weighted by Crippen LogP contribution is -2.21. The fourth-order valence-electron chi connectivity index (χ4n) is 1.81. The maximum absolute atomic E-state index is 11.6. The molecule has 3 heteroatoms. The Morgan fingerprint density at radius 3 is 2.41 bits per heavy atom. The van der Waals surface area contributed by atoms with E-state index in [1.54, 1.807) is 13.1 Å². The quantitative estimate of drug-likeness (QED) is 0.791. The van der Waals surface area contributed by atoms with Gasteiger partial charge in [-0.25, -0.2) is 4.68 Å². The molecule has 0 aliphatic rings. The van der Waals surface area contributed by atoms with Crippen molar-refractivity contribution in [1.29, 1.82) is 0 Å². The minimum atomic E-state index is -0.0617. The molecule has 1 aromatic heterocycles. The Kier molecular flexibility index (Phi) is 3.09. The Morgan fingerprint density at radius 1 is 1.18 bits per heavy atom. The van der Waals surface area contributed by atoms with E-state index in [0.29, 0.717) is 0 Å². The highest BCUT2D eigenvalue weighted by Gasteiger charge is 2.12. The first-order valence-electron chi connectivity index (χ1n) is 5.73. The summed E-state index contributed by atoms with van der Waals surface area (Å²) < 4.78 is 1.38. The van der Waals surface area contributed by atoms with Crippen LogP contribution in [0, 0.1) is 0 Å². The van der Waals surface area contributed by atoms with Crippen LogP contribution in [-0.2, 0) is 7.05 Å². The second-order valence-corrected chi connectivity index (χ2v) is 4.43. The van der Waals surface area contributed by atoms with Gasteiger partial charge < -0.3 is 0 Å². The summed E-state index contributed by atoms with van der Waals surface area (Å²) in [5.74, 6) is 0.284. The van der Waals surface area contributed by atoms with Crippen molar-refractivity contribution in [2.45, 2.75) is 19.8 Å². The molecule has 0 saturated carbocycles. The standard InChI is InChI=1S/C14H16N2O/c1-10(2)12-9-13(17)16(3)15-14(12)11-7-5-4-6-8-11/h4-10H,1-3H3. The van der Waals surface area contributed by atoms with E-state index in [0.717, 1.165) is 16.8 Å². The first-order valence-corrected chi connectivity index (χ1v) is 5.73. The van der Waals surface area contributed by atoms with Crippen molar-refractivity contribution in [2.24, 2.45) is 7.05 Å². The summed E-state index contributed by atoms with van der Waals surface area (Å²) in [5.41, 5.74) is 2.88. The number of aryl methyl sites for hydroxylation is 1. The highest BCUT2D eigenvalue weighted by Crippen LogP contribution is 2.25. The zero-order chi connectivity index (χ0) is 12.4. The molecule has 0 spiro atoms. The minimum absolute atomic E-state index is 0.0617. The second-order valence-electron chi connectivity index (χ2n) is 4.43. The third-order valence-corrected chi connectivity index (χ3v) is 2.79. The molecule has 0 unspecified atom stereocenters. The number of hydrogen-bond acceptors (Lipinski definition) is 2. The van der Waals surface area contributed by atoms with Crippen molar-refractivity contribution in [1.82, 2.24) is 9.78 Å². The van der Waals surface area contributed by atoms with Gasteiger partial charge in [0.25, 0.3) is 5.56 Å². The first kappa shape index (κ1) is 11.6. The normalized spacial score (nSPS) is 10.8. The maximum Gasteiger partial charge on any atom is 0.266 e. The van der Waals surface area contributed by atoms with E-state index in [1.165, 1.54) is 4.68 Å². The maximum atomic E-state index is 11.6. The van der Waals surface area contributed by atoms with Crippen LogP contribution in [0.15, 0.2) is 41.2 Å². The number of rotatable bonds is 2. The Morgan fingerprint density at radius 2 is 1.82 bits per heavy atom. The Balaban J connectivity index is 2.68. The van der Waals surface area contributed by atoms with E-state index in [1.807, 2.05) is 30.3 Å². The second kappa shape index (κ2) is 4.53. The van der Waals surface area contributed by atoms with Crippen LogP contribution in [0.1, 0.15) is 25.3 Å². The molecular formula is C14H16N2O. The third kappa shape index (κ3) is 2.28. The molecule has 0 fully saturated rings. The molecule has 1 aromatic carbocycles. The zero-order valence-corrected chi connectivity index (χ0v) is 10.3. The van der Waals surface area contributed by atoms with Gasteiger partial charge in [-0.3, -0.25) is 4.79 Å². The van der Waals surface area contributed by atoms with Crippen LogP contribution in [0.4, 0.5) is 0 Å². The fraction of sp³-hybridized carbons (Fsp3) is 0.286. The number of nitrogens with zero attached hydrogens (tertiary/aromatic N) is 2. The van der Waals surface area contributed by atoms with E-state index in [-0.39, 0.29) is 11.5 Å². The van der Waals surface area contributed by atoms with Crippen molar-refractivity contribution < 1.29 is 0 Å². The van der Waals surface area contributed by atoms with Crippen LogP contribution in [0.2, 0.25) is 0 Å². The average Bonchev–Trinajstić information content (AvgIpc) is 2.33. The van der Waals surface area contributed by atoms with Gasteiger partial charge in [0.15, 0.2) is 0 Å². The smallest absolute Gasteiger partial charge is 0.266 e. The number of aromatic nitrogens is 2. The van der Waals surface area contributed by atoms with Crippen LogP contribution < -0.4 is 5.56 Å². The monoisotopic (exact) mass is 228 g/mol. The molecule has 1 heterocycles. The van der Waals surface area contributed by atoms with Gasteiger partial charge in [0.05, 0.1) is 5.69 Å².